The van der Waals surface area contributed by atoms with E-state index in [4.69, 9.17) is 4.74 Å². The van der Waals surface area contributed by atoms with Gasteiger partial charge in [-0.05, 0) is 44.5 Å². The average Bonchev–Trinajstić information content (AvgIpc) is 2.77. The summed E-state index contributed by atoms with van der Waals surface area (Å²) in [6.07, 6.45) is 1.90. The van der Waals surface area contributed by atoms with Crippen LogP contribution in [0.15, 0.2) is 6.07 Å². The second-order valence-corrected chi connectivity index (χ2v) is 4.45. The quantitative estimate of drug-likeness (QED) is 0.816. The van der Waals surface area contributed by atoms with Crippen molar-refractivity contribution in [3.63, 3.8) is 0 Å². The molecule has 1 heterocycles. The highest BCUT2D eigenvalue weighted by Gasteiger charge is 2.16. The van der Waals surface area contributed by atoms with Gasteiger partial charge in [-0.25, -0.2) is 4.79 Å². The van der Waals surface area contributed by atoms with E-state index in [-0.39, 0.29) is 5.97 Å². The molecule has 0 saturated carbocycles. The van der Waals surface area contributed by atoms with Crippen molar-refractivity contribution in [2.24, 2.45) is 7.05 Å². The molecule has 1 rings (SSSR count). The maximum Gasteiger partial charge on any atom is 0.354 e. The van der Waals surface area contributed by atoms with E-state index in [1.54, 1.807) is 0 Å². The van der Waals surface area contributed by atoms with Crippen molar-refractivity contribution < 1.29 is 9.53 Å². The summed E-state index contributed by atoms with van der Waals surface area (Å²) in [6, 6.07) is 1.94. The largest absolute Gasteiger partial charge is 0.461 e. The van der Waals surface area contributed by atoms with Crippen molar-refractivity contribution in [2.45, 2.75) is 47.5 Å². The first-order valence-electron chi connectivity index (χ1n) is 7.62. The Labute approximate surface area is 123 Å². The summed E-state index contributed by atoms with van der Waals surface area (Å²) in [5.41, 5.74) is 3.12. The van der Waals surface area contributed by atoms with Gasteiger partial charge >= 0.3 is 5.97 Å². The normalized spacial score (nSPS) is 9.90. The van der Waals surface area contributed by atoms with Crippen molar-refractivity contribution in [1.82, 2.24) is 9.88 Å². The van der Waals surface area contributed by atoms with Crippen molar-refractivity contribution in [3.8, 4) is 0 Å². The van der Waals surface area contributed by atoms with Crippen molar-refractivity contribution in [3.05, 3.63) is 23.0 Å². The third-order valence-corrected chi connectivity index (χ3v) is 3.15. The number of nitrogens with one attached hydrogen (secondary N) is 1. The van der Waals surface area contributed by atoms with Crippen LogP contribution in [0.2, 0.25) is 0 Å². The zero-order valence-corrected chi connectivity index (χ0v) is 13.9. The van der Waals surface area contributed by atoms with E-state index in [0.717, 1.165) is 25.9 Å². The van der Waals surface area contributed by atoms with Crippen LogP contribution in [0, 0.1) is 0 Å². The van der Waals surface area contributed by atoms with Crippen molar-refractivity contribution >= 4 is 5.97 Å². The van der Waals surface area contributed by atoms with Crippen LogP contribution in [0.5, 0.6) is 0 Å². The molecule has 0 saturated heterocycles. The Hall–Kier alpha value is -1.29. The Balaban J connectivity index is 0.000000621. The number of hydrogen-bond donors (Lipinski definition) is 1. The van der Waals surface area contributed by atoms with E-state index < -0.39 is 0 Å². The summed E-state index contributed by atoms with van der Waals surface area (Å²) in [5.74, 6) is -0.227. The molecule has 0 unspecified atom stereocenters. The summed E-state index contributed by atoms with van der Waals surface area (Å²) in [6.45, 7) is 12.8. The van der Waals surface area contributed by atoms with Gasteiger partial charge in [0.15, 0.2) is 0 Å². The molecule has 4 nitrogen and oxygen atoms in total. The van der Waals surface area contributed by atoms with Crippen LogP contribution < -0.4 is 5.32 Å². The molecule has 1 aromatic rings. The molecule has 4 heteroatoms. The van der Waals surface area contributed by atoms with E-state index in [2.05, 4.69) is 33.0 Å². The van der Waals surface area contributed by atoms with Crippen LogP contribution in [0.3, 0.4) is 0 Å². The first kappa shape index (κ1) is 18.7. The Kier molecular flexibility index (Phi) is 9.82. The van der Waals surface area contributed by atoms with E-state index in [9.17, 15) is 4.79 Å². The van der Waals surface area contributed by atoms with E-state index >= 15 is 0 Å². The highest BCUT2D eigenvalue weighted by atomic mass is 16.5. The maximum atomic E-state index is 11.6. The first-order chi connectivity index (χ1) is 9.56. The lowest BCUT2D eigenvalue weighted by atomic mass is 10.1. The highest BCUT2D eigenvalue weighted by molar-refractivity contribution is 5.88. The summed E-state index contributed by atoms with van der Waals surface area (Å²) in [4.78, 5) is 11.6. The third-order valence-electron chi connectivity index (χ3n) is 3.15. The van der Waals surface area contributed by atoms with Gasteiger partial charge in [0.05, 0.1) is 6.61 Å². The molecule has 116 valence electrons. The lowest BCUT2D eigenvalue weighted by Gasteiger charge is -2.06. The smallest absolute Gasteiger partial charge is 0.354 e. The van der Waals surface area contributed by atoms with E-state index in [1.165, 1.54) is 11.3 Å². The first-order valence-corrected chi connectivity index (χ1v) is 7.62. The molecule has 0 amide bonds. The predicted octanol–water partition coefficient (Wildman–Crippen LogP) is 2.94. The third kappa shape index (κ3) is 5.37. The minimum Gasteiger partial charge on any atom is -0.461 e. The monoisotopic (exact) mass is 282 g/mol. The summed E-state index contributed by atoms with van der Waals surface area (Å²) < 4.78 is 6.95. The molecule has 0 fully saturated rings. The van der Waals surface area contributed by atoms with Crippen LogP contribution in [0.4, 0.5) is 0 Å². The fourth-order valence-electron chi connectivity index (χ4n) is 2.13. The maximum absolute atomic E-state index is 11.6. The molecule has 0 spiro atoms. The molecule has 1 N–H and O–H groups in total. The zero-order valence-electron chi connectivity index (χ0n) is 13.9. The number of nitrogens with zero attached hydrogens (tertiary/aromatic N) is 1. The van der Waals surface area contributed by atoms with Crippen molar-refractivity contribution in [2.75, 3.05) is 19.7 Å². The number of aryl methyl sites for hydroxylation is 1. The van der Waals surface area contributed by atoms with Crippen LogP contribution in [-0.4, -0.2) is 30.2 Å². The minimum absolute atomic E-state index is 0.227. The number of carbonyl (C=O) groups is 1. The fraction of sp³-hybridized carbons (Fsp3) is 0.688. The number of esters is 1. The predicted molar refractivity (Wildman–Crippen MR) is 84.3 cm³/mol. The van der Waals surface area contributed by atoms with Gasteiger partial charge in [-0.15, -0.1) is 0 Å². The number of carbonyl (C=O) groups excluding carboxylic acids is 1. The molecule has 0 atom stereocenters. The lowest BCUT2D eigenvalue weighted by molar-refractivity contribution is 0.0515. The molecule has 0 aliphatic heterocycles. The van der Waals surface area contributed by atoms with Crippen LogP contribution in [0.25, 0.3) is 0 Å². The minimum atomic E-state index is -0.227. The topological polar surface area (TPSA) is 43.3 Å². The van der Waals surface area contributed by atoms with Gasteiger partial charge in [-0.3, -0.25) is 0 Å². The molecule has 0 bridgehead atoms. The summed E-state index contributed by atoms with van der Waals surface area (Å²) >= 11 is 0. The highest BCUT2D eigenvalue weighted by Crippen LogP contribution is 2.17. The standard InChI is InChI=1S/C12H19NO2.C4H11N/c1-5-9-8-11(12(14)15-7-3)13(4)10(9)6-2;1-3-5-4-2/h8H,5-7H2,1-4H3;5H,3-4H2,1-2H3. The Morgan fingerprint density at radius 3 is 2.05 bits per heavy atom. The van der Waals surface area contributed by atoms with Gasteiger partial charge in [0.2, 0.25) is 0 Å². The Bertz CT molecular complexity index is 395. The molecule has 1 aromatic heterocycles. The molecular formula is C16H30N2O2. The Morgan fingerprint density at radius 2 is 1.75 bits per heavy atom. The molecular weight excluding hydrogens is 252 g/mol. The lowest BCUT2D eigenvalue weighted by Crippen LogP contribution is -2.10. The van der Waals surface area contributed by atoms with E-state index in [1.807, 2.05) is 24.6 Å². The number of hydrogen-bond acceptors (Lipinski definition) is 3. The number of ether oxygens (including phenoxy) is 1. The molecule has 20 heavy (non-hydrogen) atoms. The second-order valence-electron chi connectivity index (χ2n) is 4.45. The Morgan fingerprint density at radius 1 is 1.15 bits per heavy atom. The number of aromatic nitrogens is 1. The molecule has 0 aliphatic rings. The number of rotatable bonds is 6. The summed E-state index contributed by atoms with van der Waals surface area (Å²) in [5, 5.41) is 3.11. The SMILES string of the molecule is CCNCC.CCOC(=O)c1cc(CC)c(CC)n1C. The van der Waals surface area contributed by atoms with E-state index in [0.29, 0.717) is 12.3 Å². The molecule has 0 aliphatic carbocycles. The van der Waals surface area contributed by atoms with Gasteiger partial charge in [-0.1, -0.05) is 27.7 Å². The van der Waals surface area contributed by atoms with Crippen LogP contribution in [0.1, 0.15) is 56.4 Å². The second kappa shape index (κ2) is 10.5. The molecule has 0 aromatic carbocycles. The average molecular weight is 282 g/mol. The van der Waals surface area contributed by atoms with Crippen molar-refractivity contribution in [1.29, 1.82) is 0 Å². The molecule has 0 radical (unpaired) electrons. The van der Waals surface area contributed by atoms with Gasteiger partial charge in [-0.2, -0.15) is 0 Å². The van der Waals surface area contributed by atoms with Crippen LogP contribution >= 0.6 is 0 Å². The van der Waals surface area contributed by atoms with Gasteiger partial charge in [0, 0.05) is 12.7 Å². The van der Waals surface area contributed by atoms with Gasteiger partial charge in [0.25, 0.3) is 0 Å². The zero-order chi connectivity index (χ0) is 15.5. The van der Waals surface area contributed by atoms with Gasteiger partial charge < -0.3 is 14.6 Å². The van der Waals surface area contributed by atoms with Gasteiger partial charge in [0.1, 0.15) is 5.69 Å². The summed E-state index contributed by atoms with van der Waals surface area (Å²) in [7, 11) is 1.92. The van der Waals surface area contributed by atoms with Crippen LogP contribution in [-0.2, 0) is 24.6 Å². The fourth-order valence-corrected chi connectivity index (χ4v) is 2.13.